The standard InChI is InChI=1S/C21H27F2N3O5S/c22-21(23)30-18-8-1-12(9-19(18)31-21)20(27)25-14-10-15-4-5-16(11-14)26(15)32(28,29)17-6-2-13(24)3-7-17/h1,8-9,13-17H,2-7,10-11,24H2,(H,25,27)/t13?,14?,15-,16+,17?. The number of nitrogens with two attached hydrogens (primary N) is 1. The fourth-order valence-electron chi connectivity index (χ4n) is 5.58. The van der Waals surface area contributed by atoms with Gasteiger partial charge in [0.05, 0.1) is 5.25 Å². The van der Waals surface area contributed by atoms with Gasteiger partial charge in [-0.1, -0.05) is 0 Å². The zero-order valence-corrected chi connectivity index (χ0v) is 18.3. The van der Waals surface area contributed by atoms with Gasteiger partial charge in [0.15, 0.2) is 11.5 Å². The predicted molar refractivity (Wildman–Crippen MR) is 111 cm³/mol. The molecule has 1 aliphatic carbocycles. The third-order valence-corrected chi connectivity index (χ3v) is 9.60. The highest BCUT2D eigenvalue weighted by Gasteiger charge is 2.49. The van der Waals surface area contributed by atoms with Gasteiger partial charge in [0, 0.05) is 29.7 Å². The first-order valence-corrected chi connectivity index (χ1v) is 12.6. The second-order valence-electron chi connectivity index (χ2n) is 9.27. The van der Waals surface area contributed by atoms with Crippen molar-refractivity contribution in [3.63, 3.8) is 0 Å². The Morgan fingerprint density at radius 1 is 1.03 bits per heavy atom. The van der Waals surface area contributed by atoms with Crippen LogP contribution in [0.3, 0.4) is 0 Å². The monoisotopic (exact) mass is 471 g/mol. The van der Waals surface area contributed by atoms with Gasteiger partial charge in [-0.3, -0.25) is 4.79 Å². The SMILES string of the molecule is NC1CCC(S(=O)(=O)N2[C@@H]3CC[C@H]2CC(NC(=O)c2ccc4c(c2)OC(F)(F)O4)C3)CC1. The van der Waals surface area contributed by atoms with Gasteiger partial charge >= 0.3 is 6.29 Å². The number of benzene rings is 1. The highest BCUT2D eigenvalue weighted by molar-refractivity contribution is 7.89. The molecule has 4 aliphatic rings. The zero-order chi connectivity index (χ0) is 22.7. The number of nitrogens with zero attached hydrogens (tertiary/aromatic N) is 1. The summed E-state index contributed by atoms with van der Waals surface area (Å²) in [5, 5.41) is 2.57. The normalized spacial score (nSPS) is 33.8. The third kappa shape index (κ3) is 3.94. The maximum atomic E-state index is 13.3. The van der Waals surface area contributed by atoms with E-state index in [1.165, 1.54) is 18.2 Å². The number of sulfonamides is 1. The fraction of sp³-hybridized carbons (Fsp3) is 0.667. The molecule has 3 aliphatic heterocycles. The lowest BCUT2D eigenvalue weighted by Gasteiger charge is -2.41. The number of amides is 1. The van der Waals surface area contributed by atoms with Gasteiger partial charge in [0.1, 0.15) is 0 Å². The number of ether oxygens (including phenoxy) is 2. The van der Waals surface area contributed by atoms with E-state index in [1.807, 2.05) is 0 Å². The average molecular weight is 472 g/mol. The number of hydrogen-bond donors (Lipinski definition) is 2. The number of piperidine rings is 1. The van der Waals surface area contributed by atoms with Crippen molar-refractivity contribution in [3.8, 4) is 11.5 Å². The van der Waals surface area contributed by atoms with Gasteiger partial charge in [-0.05, 0) is 69.6 Å². The molecule has 3 atom stereocenters. The molecule has 1 unspecified atom stereocenters. The number of fused-ring (bicyclic) bond motifs is 3. The van der Waals surface area contributed by atoms with Crippen molar-refractivity contribution >= 4 is 15.9 Å². The van der Waals surface area contributed by atoms with E-state index in [-0.39, 0.29) is 46.5 Å². The molecule has 3 heterocycles. The van der Waals surface area contributed by atoms with Crippen LogP contribution in [0.15, 0.2) is 18.2 Å². The van der Waals surface area contributed by atoms with E-state index < -0.39 is 22.2 Å². The van der Waals surface area contributed by atoms with Gasteiger partial charge in [0.25, 0.3) is 5.91 Å². The molecule has 5 rings (SSSR count). The molecule has 1 amide bonds. The highest BCUT2D eigenvalue weighted by atomic mass is 32.2. The van der Waals surface area contributed by atoms with Crippen LogP contribution in [0.1, 0.15) is 61.7 Å². The molecule has 1 saturated carbocycles. The summed E-state index contributed by atoms with van der Waals surface area (Å²) in [5.74, 6) is -0.712. The van der Waals surface area contributed by atoms with Crippen LogP contribution in [0, 0.1) is 0 Å². The molecular formula is C21H27F2N3O5S. The minimum absolute atomic E-state index is 0.0847. The van der Waals surface area contributed by atoms with Crippen molar-refractivity contribution in [2.24, 2.45) is 5.73 Å². The van der Waals surface area contributed by atoms with E-state index in [9.17, 15) is 22.0 Å². The molecular weight excluding hydrogens is 444 g/mol. The highest BCUT2D eigenvalue weighted by Crippen LogP contribution is 2.42. The number of rotatable bonds is 4. The lowest BCUT2D eigenvalue weighted by atomic mass is 9.96. The zero-order valence-electron chi connectivity index (χ0n) is 17.5. The van der Waals surface area contributed by atoms with E-state index in [0.29, 0.717) is 25.7 Å². The Kier molecular flexibility index (Phi) is 5.33. The van der Waals surface area contributed by atoms with Gasteiger partial charge in [-0.15, -0.1) is 8.78 Å². The van der Waals surface area contributed by atoms with Crippen molar-refractivity contribution in [1.82, 2.24) is 9.62 Å². The summed E-state index contributed by atoms with van der Waals surface area (Å²) in [4.78, 5) is 12.7. The molecule has 3 fully saturated rings. The van der Waals surface area contributed by atoms with Crippen molar-refractivity contribution < 1.29 is 31.5 Å². The van der Waals surface area contributed by atoms with E-state index in [1.54, 1.807) is 4.31 Å². The Bertz CT molecular complexity index is 999. The van der Waals surface area contributed by atoms with Crippen LogP contribution >= 0.6 is 0 Å². The quantitative estimate of drug-likeness (QED) is 0.697. The third-order valence-electron chi connectivity index (χ3n) is 7.10. The summed E-state index contributed by atoms with van der Waals surface area (Å²) < 4.78 is 63.6. The number of halogens is 2. The van der Waals surface area contributed by atoms with Gasteiger partial charge in [0.2, 0.25) is 10.0 Å². The van der Waals surface area contributed by atoms with Crippen LogP contribution in [0.2, 0.25) is 0 Å². The molecule has 1 aromatic carbocycles. The molecule has 3 N–H and O–H groups in total. The Labute approximate surface area is 185 Å². The number of nitrogens with one attached hydrogen (secondary N) is 1. The summed E-state index contributed by atoms with van der Waals surface area (Å²) in [7, 11) is -3.40. The lowest BCUT2D eigenvalue weighted by molar-refractivity contribution is -0.286. The molecule has 2 bridgehead atoms. The Morgan fingerprint density at radius 2 is 1.66 bits per heavy atom. The second kappa shape index (κ2) is 7.81. The first-order valence-electron chi connectivity index (χ1n) is 11.1. The van der Waals surface area contributed by atoms with Crippen LogP contribution in [-0.2, 0) is 10.0 Å². The number of carbonyl (C=O) groups excluding carboxylic acids is 1. The minimum atomic E-state index is -3.74. The molecule has 8 nitrogen and oxygen atoms in total. The minimum Gasteiger partial charge on any atom is -0.395 e. The molecule has 1 aromatic rings. The Balaban J connectivity index is 1.24. The predicted octanol–water partition coefficient (Wildman–Crippen LogP) is 2.33. The number of alkyl halides is 2. The van der Waals surface area contributed by atoms with Gasteiger partial charge in [-0.25, -0.2) is 8.42 Å². The van der Waals surface area contributed by atoms with E-state index >= 15 is 0 Å². The van der Waals surface area contributed by atoms with Gasteiger partial charge in [-0.2, -0.15) is 4.31 Å². The summed E-state index contributed by atoms with van der Waals surface area (Å²) in [6.07, 6.45) is 1.56. The molecule has 11 heteroatoms. The average Bonchev–Trinajstić information content (AvgIpc) is 3.19. The molecule has 176 valence electrons. The van der Waals surface area contributed by atoms with Crippen LogP contribution < -0.4 is 20.5 Å². The first kappa shape index (κ1) is 21.8. The van der Waals surface area contributed by atoms with E-state index in [2.05, 4.69) is 14.8 Å². The van der Waals surface area contributed by atoms with Crippen molar-refractivity contribution in [2.45, 2.75) is 87.1 Å². The van der Waals surface area contributed by atoms with Crippen molar-refractivity contribution in [3.05, 3.63) is 23.8 Å². The Morgan fingerprint density at radius 3 is 2.31 bits per heavy atom. The molecule has 0 spiro atoms. The van der Waals surface area contributed by atoms with Gasteiger partial charge < -0.3 is 20.5 Å². The lowest BCUT2D eigenvalue weighted by Crippen LogP contribution is -2.55. The van der Waals surface area contributed by atoms with E-state index in [4.69, 9.17) is 5.73 Å². The van der Waals surface area contributed by atoms with Crippen molar-refractivity contribution in [1.29, 1.82) is 0 Å². The molecule has 0 radical (unpaired) electrons. The van der Waals surface area contributed by atoms with Crippen LogP contribution in [0.5, 0.6) is 11.5 Å². The molecule has 32 heavy (non-hydrogen) atoms. The maximum Gasteiger partial charge on any atom is 0.586 e. The van der Waals surface area contributed by atoms with E-state index in [0.717, 1.165) is 25.7 Å². The van der Waals surface area contributed by atoms with Crippen LogP contribution in [-0.4, -0.2) is 54.3 Å². The molecule has 0 aromatic heterocycles. The number of hydrogen-bond acceptors (Lipinski definition) is 6. The van der Waals surface area contributed by atoms with Crippen molar-refractivity contribution in [2.75, 3.05) is 0 Å². The topological polar surface area (TPSA) is 111 Å². The maximum absolute atomic E-state index is 13.3. The second-order valence-corrected chi connectivity index (χ2v) is 11.4. The largest absolute Gasteiger partial charge is 0.586 e. The summed E-state index contributed by atoms with van der Waals surface area (Å²) in [6, 6.07) is 3.55. The van der Waals surface area contributed by atoms with Crippen LogP contribution in [0.25, 0.3) is 0 Å². The first-order chi connectivity index (χ1) is 15.1. The van der Waals surface area contributed by atoms with Crippen LogP contribution in [0.4, 0.5) is 8.78 Å². The smallest absolute Gasteiger partial charge is 0.395 e. The summed E-state index contributed by atoms with van der Waals surface area (Å²) in [6.45, 7) is 0. The fourth-order valence-corrected chi connectivity index (χ4v) is 8.01. The molecule has 2 saturated heterocycles. The summed E-state index contributed by atoms with van der Waals surface area (Å²) >= 11 is 0. The number of carbonyl (C=O) groups is 1. The Hall–Kier alpha value is -1.98. The summed E-state index contributed by atoms with van der Waals surface area (Å²) in [5.41, 5.74) is 6.13.